The number of nitrogens with one attached hydrogen (secondary N) is 1. The summed E-state index contributed by atoms with van der Waals surface area (Å²) in [6, 6.07) is 5.97. The number of hydrogen-bond acceptors (Lipinski definition) is 6. The average Bonchev–Trinajstić information content (AvgIpc) is 2.99. The summed E-state index contributed by atoms with van der Waals surface area (Å²) in [5, 5.41) is 4.10. The van der Waals surface area contributed by atoms with E-state index >= 15 is 0 Å². The molecule has 124 valence electrons. The lowest BCUT2D eigenvalue weighted by atomic mass is 10.2. The Morgan fingerprint density at radius 2 is 2.08 bits per heavy atom. The number of rotatable bonds is 6. The first-order valence-corrected chi connectivity index (χ1v) is 8.53. The van der Waals surface area contributed by atoms with Gasteiger partial charge in [-0.15, -0.1) is 11.3 Å². The van der Waals surface area contributed by atoms with Gasteiger partial charge in [-0.2, -0.15) is 0 Å². The third kappa shape index (κ3) is 3.86. The second-order valence-corrected chi connectivity index (χ2v) is 6.81. The maximum absolute atomic E-state index is 12.3. The van der Waals surface area contributed by atoms with Gasteiger partial charge in [0.05, 0.1) is 11.9 Å². The molecule has 1 amide bonds. The van der Waals surface area contributed by atoms with E-state index in [1.165, 1.54) is 16.8 Å². The zero-order valence-corrected chi connectivity index (χ0v) is 14.5. The van der Waals surface area contributed by atoms with Crippen molar-refractivity contribution in [3.8, 4) is 0 Å². The summed E-state index contributed by atoms with van der Waals surface area (Å²) in [5.41, 5.74) is 1.17. The van der Waals surface area contributed by atoms with Gasteiger partial charge >= 0.3 is 0 Å². The quantitative estimate of drug-likeness (QED) is 0.746. The number of nitrogens with zero attached hydrogens (tertiary/aromatic N) is 4. The minimum absolute atomic E-state index is 0.0303. The Morgan fingerprint density at radius 3 is 2.88 bits per heavy atom. The van der Waals surface area contributed by atoms with Crippen LogP contribution in [0, 0.1) is 6.92 Å². The second-order valence-electron chi connectivity index (χ2n) is 5.57. The molecule has 3 heterocycles. The number of pyridine rings is 1. The molecule has 24 heavy (non-hydrogen) atoms. The van der Waals surface area contributed by atoms with E-state index in [0.29, 0.717) is 12.4 Å². The molecule has 0 saturated heterocycles. The SMILES string of the molecule is Cc1cc2c(NCC(=O)N(C)CCc3ccncc3)ncnc2s1. The van der Waals surface area contributed by atoms with Crippen LogP contribution in [0.2, 0.25) is 0 Å². The van der Waals surface area contributed by atoms with E-state index in [1.54, 1.807) is 28.6 Å². The first-order valence-electron chi connectivity index (χ1n) is 7.71. The molecule has 0 aliphatic carbocycles. The predicted molar refractivity (Wildman–Crippen MR) is 96.2 cm³/mol. The summed E-state index contributed by atoms with van der Waals surface area (Å²) >= 11 is 1.62. The highest BCUT2D eigenvalue weighted by Crippen LogP contribution is 2.27. The van der Waals surface area contributed by atoms with Crippen LogP contribution < -0.4 is 5.32 Å². The highest BCUT2D eigenvalue weighted by molar-refractivity contribution is 7.18. The summed E-state index contributed by atoms with van der Waals surface area (Å²) in [4.78, 5) is 28.6. The van der Waals surface area contributed by atoms with Crippen molar-refractivity contribution in [3.63, 3.8) is 0 Å². The van der Waals surface area contributed by atoms with Gasteiger partial charge in [0.2, 0.25) is 5.91 Å². The summed E-state index contributed by atoms with van der Waals surface area (Å²) in [5.74, 6) is 0.739. The van der Waals surface area contributed by atoms with Gasteiger partial charge in [-0.3, -0.25) is 9.78 Å². The minimum Gasteiger partial charge on any atom is -0.360 e. The molecule has 0 aliphatic heterocycles. The Morgan fingerprint density at radius 1 is 1.29 bits per heavy atom. The number of amides is 1. The van der Waals surface area contributed by atoms with E-state index in [4.69, 9.17) is 0 Å². The third-order valence-electron chi connectivity index (χ3n) is 3.77. The predicted octanol–water partition coefficient (Wildman–Crippen LogP) is 2.51. The van der Waals surface area contributed by atoms with Gasteiger partial charge in [0.25, 0.3) is 0 Å². The lowest BCUT2D eigenvalue weighted by Gasteiger charge is -2.17. The number of fused-ring (bicyclic) bond motifs is 1. The molecule has 0 radical (unpaired) electrons. The van der Waals surface area contributed by atoms with Gasteiger partial charge in [0.15, 0.2) is 0 Å². The molecule has 0 bridgehead atoms. The molecule has 3 aromatic rings. The number of aryl methyl sites for hydroxylation is 1. The van der Waals surface area contributed by atoms with Crippen LogP contribution in [-0.4, -0.2) is 45.9 Å². The summed E-state index contributed by atoms with van der Waals surface area (Å²) < 4.78 is 0. The molecule has 0 fully saturated rings. The molecule has 7 heteroatoms. The van der Waals surface area contributed by atoms with Crippen LogP contribution in [0.1, 0.15) is 10.4 Å². The highest BCUT2D eigenvalue weighted by Gasteiger charge is 2.11. The molecule has 0 saturated carbocycles. The van der Waals surface area contributed by atoms with Crippen molar-refractivity contribution < 1.29 is 4.79 Å². The van der Waals surface area contributed by atoms with E-state index < -0.39 is 0 Å². The van der Waals surface area contributed by atoms with Crippen LogP contribution in [0.15, 0.2) is 36.9 Å². The lowest BCUT2D eigenvalue weighted by Crippen LogP contribution is -2.33. The number of carbonyl (C=O) groups excluding carboxylic acids is 1. The molecule has 0 aromatic carbocycles. The van der Waals surface area contributed by atoms with E-state index in [0.717, 1.165) is 16.6 Å². The normalized spacial score (nSPS) is 10.8. The fraction of sp³-hybridized carbons (Fsp3) is 0.294. The van der Waals surface area contributed by atoms with Crippen molar-refractivity contribution in [1.29, 1.82) is 0 Å². The van der Waals surface area contributed by atoms with Crippen molar-refractivity contribution in [2.24, 2.45) is 0 Å². The van der Waals surface area contributed by atoms with Crippen molar-refractivity contribution >= 4 is 33.3 Å². The molecule has 0 spiro atoms. The van der Waals surface area contributed by atoms with Crippen LogP contribution in [0.3, 0.4) is 0 Å². The minimum atomic E-state index is 0.0303. The van der Waals surface area contributed by atoms with E-state index in [2.05, 4.69) is 20.3 Å². The van der Waals surface area contributed by atoms with Crippen LogP contribution in [0.4, 0.5) is 5.82 Å². The largest absolute Gasteiger partial charge is 0.360 e. The maximum Gasteiger partial charge on any atom is 0.241 e. The lowest BCUT2D eigenvalue weighted by molar-refractivity contribution is -0.127. The maximum atomic E-state index is 12.3. The molecular weight excluding hydrogens is 322 g/mol. The topological polar surface area (TPSA) is 71.0 Å². The van der Waals surface area contributed by atoms with Crippen molar-refractivity contribution in [1.82, 2.24) is 19.9 Å². The molecular formula is C17H19N5OS. The Kier molecular flexibility index (Phi) is 5.00. The van der Waals surface area contributed by atoms with Gasteiger partial charge < -0.3 is 10.2 Å². The molecule has 0 unspecified atom stereocenters. The standard InChI is InChI=1S/C17H19N5OS/c1-12-9-14-16(20-11-21-17(14)24-12)19-10-15(23)22(2)8-5-13-3-6-18-7-4-13/h3-4,6-7,9,11H,5,8,10H2,1-2H3,(H,19,20,21). The van der Waals surface area contributed by atoms with Gasteiger partial charge in [0.1, 0.15) is 17.0 Å². The monoisotopic (exact) mass is 341 g/mol. The molecule has 1 N–H and O–H groups in total. The van der Waals surface area contributed by atoms with Gasteiger partial charge in [0, 0.05) is 30.9 Å². The highest BCUT2D eigenvalue weighted by atomic mass is 32.1. The Labute approximate surface area is 144 Å². The second kappa shape index (κ2) is 7.35. The van der Waals surface area contributed by atoms with E-state index in [1.807, 2.05) is 32.2 Å². The van der Waals surface area contributed by atoms with Gasteiger partial charge in [-0.1, -0.05) is 0 Å². The fourth-order valence-corrected chi connectivity index (χ4v) is 3.23. The molecule has 3 rings (SSSR count). The molecule has 0 atom stereocenters. The average molecular weight is 341 g/mol. The smallest absolute Gasteiger partial charge is 0.241 e. The third-order valence-corrected chi connectivity index (χ3v) is 4.73. The van der Waals surface area contributed by atoms with Crippen molar-refractivity contribution in [2.45, 2.75) is 13.3 Å². The Balaban J connectivity index is 1.56. The van der Waals surface area contributed by atoms with Crippen molar-refractivity contribution in [3.05, 3.63) is 47.4 Å². The first kappa shape index (κ1) is 16.3. The summed E-state index contributed by atoms with van der Waals surface area (Å²) in [6.07, 6.45) is 5.87. The van der Waals surface area contributed by atoms with Crippen LogP contribution >= 0.6 is 11.3 Å². The zero-order chi connectivity index (χ0) is 16.9. The molecule has 3 aromatic heterocycles. The number of thiophene rings is 1. The van der Waals surface area contributed by atoms with Gasteiger partial charge in [-0.25, -0.2) is 9.97 Å². The molecule has 0 aliphatic rings. The zero-order valence-electron chi connectivity index (χ0n) is 13.7. The first-order chi connectivity index (χ1) is 11.6. The van der Waals surface area contributed by atoms with Gasteiger partial charge in [-0.05, 0) is 37.1 Å². The van der Waals surface area contributed by atoms with Crippen molar-refractivity contribution in [2.75, 3.05) is 25.5 Å². The number of anilines is 1. The number of aromatic nitrogens is 3. The molecule has 6 nitrogen and oxygen atoms in total. The van der Waals surface area contributed by atoms with Crippen LogP contribution in [0.25, 0.3) is 10.2 Å². The van der Waals surface area contributed by atoms with E-state index in [-0.39, 0.29) is 12.5 Å². The Bertz CT molecular complexity index is 833. The van der Waals surface area contributed by atoms with Crippen LogP contribution in [-0.2, 0) is 11.2 Å². The number of hydrogen-bond donors (Lipinski definition) is 1. The Hall–Kier alpha value is -2.54. The summed E-state index contributed by atoms with van der Waals surface area (Å²) in [6.45, 7) is 2.92. The summed E-state index contributed by atoms with van der Waals surface area (Å²) in [7, 11) is 1.81. The number of carbonyl (C=O) groups is 1. The van der Waals surface area contributed by atoms with Crippen LogP contribution in [0.5, 0.6) is 0 Å². The fourth-order valence-electron chi connectivity index (χ4n) is 2.38. The number of likely N-dealkylation sites (N-methyl/N-ethyl adjacent to an activating group) is 1. The van der Waals surface area contributed by atoms with E-state index in [9.17, 15) is 4.79 Å².